The normalized spacial score (nSPS) is 21.7. The van der Waals surface area contributed by atoms with Crippen molar-refractivity contribution in [3.05, 3.63) is 70.2 Å². The first-order chi connectivity index (χ1) is 12.4. The summed E-state index contributed by atoms with van der Waals surface area (Å²) in [5.41, 5.74) is 2.65. The Bertz CT molecular complexity index is 751. The van der Waals surface area contributed by atoms with Crippen LogP contribution in [0.15, 0.2) is 48.5 Å². The molecule has 0 amide bonds. The minimum atomic E-state index is -0.883. The third-order valence-corrected chi connectivity index (χ3v) is 5.46. The summed E-state index contributed by atoms with van der Waals surface area (Å²) in [4.78, 5) is 15.9. The number of hydrogen-bond donors (Lipinski definition) is 1. The molecule has 0 unspecified atom stereocenters. The number of halogens is 1. The van der Waals surface area contributed by atoms with Crippen molar-refractivity contribution >= 4 is 17.6 Å². The van der Waals surface area contributed by atoms with Gasteiger partial charge in [-0.2, -0.15) is 0 Å². The zero-order chi connectivity index (χ0) is 18.7. The van der Waals surface area contributed by atoms with Crippen LogP contribution in [0.25, 0.3) is 0 Å². The molecule has 5 heteroatoms. The van der Waals surface area contributed by atoms with Crippen molar-refractivity contribution in [2.24, 2.45) is 0 Å². The fraction of sp³-hybridized carbons (Fsp3) is 0.381. The van der Waals surface area contributed by atoms with E-state index in [9.17, 15) is 4.79 Å². The summed E-state index contributed by atoms with van der Waals surface area (Å²) < 4.78 is 0. The maximum atomic E-state index is 11.0. The van der Waals surface area contributed by atoms with Crippen molar-refractivity contribution in [1.29, 1.82) is 0 Å². The summed E-state index contributed by atoms with van der Waals surface area (Å²) in [5.74, 6) is -0.883. The molecule has 1 fully saturated rings. The van der Waals surface area contributed by atoms with Crippen LogP contribution in [-0.2, 0) is 13.1 Å². The van der Waals surface area contributed by atoms with Gasteiger partial charge in [0.2, 0.25) is 0 Å². The molecule has 3 rings (SSSR count). The number of rotatable bonds is 5. The van der Waals surface area contributed by atoms with E-state index in [4.69, 9.17) is 16.7 Å². The van der Waals surface area contributed by atoms with E-state index in [1.807, 2.05) is 30.3 Å². The highest BCUT2D eigenvalue weighted by Crippen LogP contribution is 2.23. The van der Waals surface area contributed by atoms with Gasteiger partial charge in [0.1, 0.15) is 0 Å². The van der Waals surface area contributed by atoms with Crippen molar-refractivity contribution in [3.63, 3.8) is 0 Å². The lowest BCUT2D eigenvalue weighted by Gasteiger charge is -2.44. The molecule has 0 saturated carbocycles. The molecule has 26 heavy (non-hydrogen) atoms. The molecule has 0 bridgehead atoms. The van der Waals surface area contributed by atoms with Crippen LogP contribution in [0.5, 0.6) is 0 Å². The monoisotopic (exact) mass is 372 g/mol. The molecule has 2 aromatic rings. The second kappa shape index (κ2) is 8.21. The Morgan fingerprint density at radius 1 is 1.04 bits per heavy atom. The summed E-state index contributed by atoms with van der Waals surface area (Å²) in [6.45, 7) is 8.19. The zero-order valence-electron chi connectivity index (χ0n) is 15.2. The first kappa shape index (κ1) is 18.9. The van der Waals surface area contributed by atoms with E-state index in [2.05, 4.69) is 29.7 Å². The Kier molecular flexibility index (Phi) is 5.97. The number of benzene rings is 2. The molecule has 4 nitrogen and oxygen atoms in total. The van der Waals surface area contributed by atoms with Crippen LogP contribution in [-0.4, -0.2) is 46.0 Å². The Morgan fingerprint density at radius 2 is 1.65 bits per heavy atom. The summed E-state index contributed by atoms with van der Waals surface area (Å²) in [6, 6.07) is 16.1. The Balaban J connectivity index is 1.63. The number of hydrogen-bond acceptors (Lipinski definition) is 3. The van der Waals surface area contributed by atoms with Gasteiger partial charge in [-0.1, -0.05) is 41.9 Å². The molecular weight excluding hydrogens is 348 g/mol. The van der Waals surface area contributed by atoms with Crippen molar-refractivity contribution in [2.45, 2.75) is 39.0 Å². The van der Waals surface area contributed by atoms with Gasteiger partial charge >= 0.3 is 5.97 Å². The van der Waals surface area contributed by atoms with Crippen molar-refractivity contribution in [1.82, 2.24) is 9.80 Å². The second-order valence-corrected chi connectivity index (χ2v) is 7.57. The average Bonchev–Trinajstić information content (AvgIpc) is 2.60. The van der Waals surface area contributed by atoms with Crippen LogP contribution < -0.4 is 0 Å². The Labute approximate surface area is 160 Å². The summed E-state index contributed by atoms with van der Waals surface area (Å²) in [7, 11) is 0. The third kappa shape index (κ3) is 4.44. The number of piperazine rings is 1. The van der Waals surface area contributed by atoms with Gasteiger partial charge in [-0.05, 0) is 43.2 Å². The van der Waals surface area contributed by atoms with Crippen molar-refractivity contribution in [3.8, 4) is 0 Å². The van der Waals surface area contributed by atoms with E-state index in [0.717, 1.165) is 36.8 Å². The summed E-state index contributed by atoms with van der Waals surface area (Å²) in [5, 5.41) is 9.85. The fourth-order valence-corrected chi connectivity index (χ4v) is 3.93. The lowest BCUT2D eigenvalue weighted by atomic mass is 10.0. The number of carbonyl (C=O) groups is 1. The van der Waals surface area contributed by atoms with Crippen molar-refractivity contribution in [2.75, 3.05) is 13.1 Å². The van der Waals surface area contributed by atoms with E-state index in [1.165, 1.54) is 5.56 Å². The largest absolute Gasteiger partial charge is 0.478 e. The molecule has 1 heterocycles. The molecule has 2 aromatic carbocycles. The number of nitrogens with zero attached hydrogens (tertiary/aromatic N) is 2. The smallest absolute Gasteiger partial charge is 0.335 e. The van der Waals surface area contributed by atoms with Crippen LogP contribution in [0.3, 0.4) is 0 Å². The van der Waals surface area contributed by atoms with Gasteiger partial charge in [0.15, 0.2) is 0 Å². The van der Waals surface area contributed by atoms with Crippen LogP contribution in [0.4, 0.5) is 0 Å². The first-order valence-electron chi connectivity index (χ1n) is 8.98. The molecule has 0 aliphatic carbocycles. The van der Waals surface area contributed by atoms with Gasteiger partial charge in [-0.15, -0.1) is 0 Å². The minimum absolute atomic E-state index is 0.333. The van der Waals surface area contributed by atoms with Gasteiger partial charge in [0.25, 0.3) is 0 Å². The second-order valence-electron chi connectivity index (χ2n) is 7.16. The Morgan fingerprint density at radius 3 is 2.23 bits per heavy atom. The SMILES string of the molecule is C[C@@H]1CN(Cc2ccccc2Cl)C[C@H](C)N1Cc1ccc(C(=O)O)cc1. The molecule has 1 saturated heterocycles. The van der Waals surface area contributed by atoms with Gasteiger partial charge in [0.05, 0.1) is 5.56 Å². The number of carboxylic acids is 1. The highest BCUT2D eigenvalue weighted by atomic mass is 35.5. The maximum absolute atomic E-state index is 11.0. The number of carboxylic acid groups (broad SMARTS) is 1. The molecule has 2 atom stereocenters. The summed E-state index contributed by atoms with van der Waals surface area (Å²) in [6.07, 6.45) is 0. The summed E-state index contributed by atoms with van der Waals surface area (Å²) >= 11 is 6.31. The van der Waals surface area contributed by atoms with Gasteiger partial charge in [0, 0.05) is 43.3 Å². The molecular formula is C21H25ClN2O2. The first-order valence-corrected chi connectivity index (χ1v) is 9.35. The van der Waals surface area contributed by atoms with Gasteiger partial charge < -0.3 is 5.11 Å². The topological polar surface area (TPSA) is 43.8 Å². The molecule has 0 spiro atoms. The number of aromatic carboxylic acids is 1. The maximum Gasteiger partial charge on any atom is 0.335 e. The fourth-order valence-electron chi connectivity index (χ4n) is 3.74. The van der Waals surface area contributed by atoms with Gasteiger partial charge in [-0.25, -0.2) is 4.79 Å². The molecule has 1 N–H and O–H groups in total. The molecule has 138 valence electrons. The van der Waals surface area contributed by atoms with E-state index in [-0.39, 0.29) is 0 Å². The Hall–Kier alpha value is -1.88. The predicted octanol–water partition coefficient (Wildman–Crippen LogP) is 4.13. The van der Waals surface area contributed by atoms with E-state index in [0.29, 0.717) is 17.6 Å². The van der Waals surface area contributed by atoms with E-state index < -0.39 is 5.97 Å². The molecule has 0 aromatic heterocycles. The highest BCUT2D eigenvalue weighted by Gasteiger charge is 2.29. The lowest BCUT2D eigenvalue weighted by molar-refractivity contribution is 0.0290. The third-order valence-electron chi connectivity index (χ3n) is 5.09. The molecule has 1 aliphatic rings. The highest BCUT2D eigenvalue weighted by molar-refractivity contribution is 6.31. The molecule has 1 aliphatic heterocycles. The van der Waals surface area contributed by atoms with Gasteiger partial charge in [-0.3, -0.25) is 9.80 Å². The van der Waals surface area contributed by atoms with Crippen LogP contribution in [0.1, 0.15) is 35.3 Å². The van der Waals surface area contributed by atoms with E-state index >= 15 is 0 Å². The standard InChI is InChI=1S/C21H25ClN2O2/c1-15-11-23(14-19-5-3-4-6-20(19)22)12-16(2)24(15)13-17-7-9-18(10-8-17)21(25)26/h3-10,15-16H,11-14H2,1-2H3,(H,25,26)/t15-,16+. The lowest BCUT2D eigenvalue weighted by Crippen LogP contribution is -2.55. The zero-order valence-corrected chi connectivity index (χ0v) is 16.0. The van der Waals surface area contributed by atoms with Crippen LogP contribution >= 0.6 is 11.6 Å². The van der Waals surface area contributed by atoms with E-state index in [1.54, 1.807) is 12.1 Å². The average molecular weight is 373 g/mol. The van der Waals surface area contributed by atoms with Crippen molar-refractivity contribution < 1.29 is 9.90 Å². The van der Waals surface area contributed by atoms with Crippen LogP contribution in [0.2, 0.25) is 5.02 Å². The molecule has 0 radical (unpaired) electrons. The minimum Gasteiger partial charge on any atom is -0.478 e. The van der Waals surface area contributed by atoms with Crippen LogP contribution in [0, 0.1) is 0 Å². The quantitative estimate of drug-likeness (QED) is 0.856. The predicted molar refractivity (Wildman–Crippen MR) is 105 cm³/mol.